The Bertz CT molecular complexity index is 519. The summed E-state index contributed by atoms with van der Waals surface area (Å²) >= 11 is 0. The Labute approximate surface area is 114 Å². The van der Waals surface area contributed by atoms with Crippen molar-refractivity contribution >= 4 is 0 Å². The van der Waals surface area contributed by atoms with Gasteiger partial charge in [-0.3, -0.25) is 0 Å². The van der Waals surface area contributed by atoms with Crippen molar-refractivity contribution in [3.05, 3.63) is 59.7 Å². The minimum atomic E-state index is -0.147. The second-order valence-corrected chi connectivity index (χ2v) is 4.88. The highest BCUT2D eigenvalue weighted by atomic mass is 19.1. The number of halogens is 1. The Morgan fingerprint density at radius 3 is 2.79 bits per heavy atom. The first-order chi connectivity index (χ1) is 9.20. The molecule has 0 radical (unpaired) electrons. The molecule has 102 valence electrons. The standard InChI is InChI=1S/C16H21FN2/c1-3-9-19-10-8-14(12-19)11-18-13(2)15-6-4-5-7-16(15)17/h4-8,10,12-13,18H,3,9,11H2,1-2H3. The average molecular weight is 260 g/mol. The summed E-state index contributed by atoms with van der Waals surface area (Å²) in [5, 5.41) is 3.36. The van der Waals surface area contributed by atoms with Crippen LogP contribution in [0.15, 0.2) is 42.7 Å². The van der Waals surface area contributed by atoms with E-state index >= 15 is 0 Å². The molecule has 1 aromatic heterocycles. The highest BCUT2D eigenvalue weighted by Gasteiger charge is 2.09. The number of hydrogen-bond donors (Lipinski definition) is 1. The fourth-order valence-electron chi connectivity index (χ4n) is 2.20. The van der Waals surface area contributed by atoms with Gasteiger partial charge in [0.2, 0.25) is 0 Å². The molecule has 2 rings (SSSR count). The van der Waals surface area contributed by atoms with Crippen molar-refractivity contribution in [2.45, 2.75) is 39.4 Å². The molecule has 0 amide bonds. The molecular formula is C16H21FN2. The quantitative estimate of drug-likeness (QED) is 0.834. The summed E-state index contributed by atoms with van der Waals surface area (Å²) in [7, 11) is 0. The van der Waals surface area contributed by atoms with Crippen LogP contribution in [-0.2, 0) is 13.1 Å². The molecule has 0 saturated carbocycles. The number of nitrogens with one attached hydrogen (secondary N) is 1. The minimum Gasteiger partial charge on any atom is -0.354 e. The van der Waals surface area contributed by atoms with Gasteiger partial charge >= 0.3 is 0 Å². The summed E-state index contributed by atoms with van der Waals surface area (Å²) in [5.41, 5.74) is 1.95. The van der Waals surface area contributed by atoms with Crippen molar-refractivity contribution in [1.29, 1.82) is 0 Å². The maximum Gasteiger partial charge on any atom is 0.127 e. The lowest BCUT2D eigenvalue weighted by Crippen LogP contribution is -2.18. The van der Waals surface area contributed by atoms with E-state index in [1.54, 1.807) is 6.07 Å². The predicted octanol–water partition coefficient (Wildman–Crippen LogP) is 3.89. The summed E-state index contributed by atoms with van der Waals surface area (Å²) in [6.07, 6.45) is 5.37. The zero-order chi connectivity index (χ0) is 13.7. The van der Waals surface area contributed by atoms with Crippen LogP contribution in [0.1, 0.15) is 37.4 Å². The second kappa shape index (κ2) is 6.53. The minimum absolute atomic E-state index is 0.00993. The van der Waals surface area contributed by atoms with Gasteiger partial charge in [-0.15, -0.1) is 0 Å². The van der Waals surface area contributed by atoms with Crippen LogP contribution in [0.2, 0.25) is 0 Å². The van der Waals surface area contributed by atoms with Gasteiger partial charge in [-0.2, -0.15) is 0 Å². The van der Waals surface area contributed by atoms with E-state index in [1.807, 2.05) is 19.1 Å². The number of rotatable bonds is 6. The SMILES string of the molecule is CCCn1ccc(CNC(C)c2ccccc2F)c1. The van der Waals surface area contributed by atoms with Crippen molar-refractivity contribution in [1.82, 2.24) is 9.88 Å². The van der Waals surface area contributed by atoms with Crippen LogP contribution in [0.5, 0.6) is 0 Å². The lowest BCUT2D eigenvalue weighted by Gasteiger charge is -2.14. The van der Waals surface area contributed by atoms with Crippen LogP contribution < -0.4 is 5.32 Å². The molecule has 1 atom stereocenters. The molecule has 0 saturated heterocycles. The molecular weight excluding hydrogens is 239 g/mol. The molecule has 0 aliphatic heterocycles. The van der Waals surface area contributed by atoms with Crippen molar-refractivity contribution in [3.8, 4) is 0 Å². The van der Waals surface area contributed by atoms with Gasteiger partial charge in [-0.1, -0.05) is 25.1 Å². The zero-order valence-electron chi connectivity index (χ0n) is 11.6. The van der Waals surface area contributed by atoms with Gasteiger partial charge in [0.1, 0.15) is 5.82 Å². The smallest absolute Gasteiger partial charge is 0.127 e. The number of benzene rings is 1. The average Bonchev–Trinajstić information content (AvgIpc) is 2.85. The van der Waals surface area contributed by atoms with E-state index < -0.39 is 0 Å². The number of nitrogens with zero attached hydrogens (tertiary/aromatic N) is 1. The van der Waals surface area contributed by atoms with E-state index in [2.05, 4.69) is 35.3 Å². The van der Waals surface area contributed by atoms with Gasteiger partial charge in [-0.25, -0.2) is 4.39 Å². The van der Waals surface area contributed by atoms with Gasteiger partial charge in [-0.05, 0) is 31.0 Å². The first kappa shape index (κ1) is 13.8. The van der Waals surface area contributed by atoms with E-state index in [1.165, 1.54) is 11.6 Å². The molecule has 2 aromatic rings. The van der Waals surface area contributed by atoms with E-state index in [9.17, 15) is 4.39 Å². The summed E-state index contributed by atoms with van der Waals surface area (Å²) < 4.78 is 15.8. The van der Waals surface area contributed by atoms with Crippen LogP contribution >= 0.6 is 0 Å². The van der Waals surface area contributed by atoms with Gasteiger partial charge in [0.05, 0.1) is 0 Å². The lowest BCUT2D eigenvalue weighted by atomic mass is 10.1. The Balaban J connectivity index is 1.92. The van der Waals surface area contributed by atoms with E-state index in [0.717, 1.165) is 25.1 Å². The fourth-order valence-corrected chi connectivity index (χ4v) is 2.20. The Kier molecular flexibility index (Phi) is 4.74. The first-order valence-corrected chi connectivity index (χ1v) is 6.83. The largest absolute Gasteiger partial charge is 0.354 e. The van der Waals surface area contributed by atoms with Crippen LogP contribution in [0.3, 0.4) is 0 Å². The highest BCUT2D eigenvalue weighted by molar-refractivity contribution is 5.21. The monoisotopic (exact) mass is 260 g/mol. The molecule has 19 heavy (non-hydrogen) atoms. The molecule has 0 aliphatic rings. The lowest BCUT2D eigenvalue weighted by molar-refractivity contribution is 0.528. The molecule has 0 bridgehead atoms. The molecule has 1 aromatic carbocycles. The Morgan fingerprint density at radius 2 is 2.05 bits per heavy atom. The van der Waals surface area contributed by atoms with Gasteiger partial charge in [0.25, 0.3) is 0 Å². The predicted molar refractivity (Wildman–Crippen MR) is 76.4 cm³/mol. The zero-order valence-corrected chi connectivity index (χ0v) is 11.6. The highest BCUT2D eigenvalue weighted by Crippen LogP contribution is 2.16. The van der Waals surface area contributed by atoms with Crippen molar-refractivity contribution in [2.24, 2.45) is 0 Å². The fraction of sp³-hybridized carbons (Fsp3) is 0.375. The molecule has 0 fully saturated rings. The molecule has 1 unspecified atom stereocenters. The molecule has 1 heterocycles. The maximum atomic E-state index is 13.6. The molecule has 0 spiro atoms. The van der Waals surface area contributed by atoms with Crippen LogP contribution in [0, 0.1) is 5.82 Å². The summed E-state index contributed by atoms with van der Waals surface area (Å²) in [6, 6.07) is 9.04. The summed E-state index contributed by atoms with van der Waals surface area (Å²) in [5.74, 6) is -0.147. The van der Waals surface area contributed by atoms with E-state index in [4.69, 9.17) is 0 Å². The van der Waals surface area contributed by atoms with Gasteiger partial charge in [0, 0.05) is 37.1 Å². The summed E-state index contributed by atoms with van der Waals surface area (Å²) in [4.78, 5) is 0. The van der Waals surface area contributed by atoms with Crippen molar-refractivity contribution in [2.75, 3.05) is 0 Å². The molecule has 3 heteroatoms. The second-order valence-electron chi connectivity index (χ2n) is 4.88. The molecule has 0 aliphatic carbocycles. The number of hydrogen-bond acceptors (Lipinski definition) is 1. The van der Waals surface area contributed by atoms with Gasteiger partial charge in [0.15, 0.2) is 0 Å². The third-order valence-electron chi connectivity index (χ3n) is 3.28. The first-order valence-electron chi connectivity index (χ1n) is 6.83. The van der Waals surface area contributed by atoms with Crippen LogP contribution in [0.4, 0.5) is 4.39 Å². The summed E-state index contributed by atoms with van der Waals surface area (Å²) in [6.45, 7) is 5.95. The topological polar surface area (TPSA) is 17.0 Å². The number of aromatic nitrogens is 1. The number of aryl methyl sites for hydroxylation is 1. The van der Waals surface area contributed by atoms with E-state index in [-0.39, 0.29) is 11.9 Å². The van der Waals surface area contributed by atoms with Crippen molar-refractivity contribution < 1.29 is 4.39 Å². The van der Waals surface area contributed by atoms with Crippen LogP contribution in [-0.4, -0.2) is 4.57 Å². The Hall–Kier alpha value is -1.61. The maximum absolute atomic E-state index is 13.6. The van der Waals surface area contributed by atoms with Gasteiger partial charge < -0.3 is 9.88 Å². The third-order valence-corrected chi connectivity index (χ3v) is 3.28. The Morgan fingerprint density at radius 1 is 1.26 bits per heavy atom. The van der Waals surface area contributed by atoms with E-state index in [0.29, 0.717) is 0 Å². The third kappa shape index (κ3) is 3.67. The van der Waals surface area contributed by atoms with Crippen molar-refractivity contribution in [3.63, 3.8) is 0 Å². The van der Waals surface area contributed by atoms with Crippen LogP contribution in [0.25, 0.3) is 0 Å². The normalized spacial score (nSPS) is 12.6. The molecule has 2 nitrogen and oxygen atoms in total. The molecule has 1 N–H and O–H groups in total.